The fourth-order valence-electron chi connectivity index (χ4n) is 2.87. The zero-order valence-corrected chi connectivity index (χ0v) is 22.1. The Labute approximate surface area is 214 Å². The summed E-state index contributed by atoms with van der Waals surface area (Å²) in [6, 6.07) is 13.3. The molecule has 0 spiro atoms. The van der Waals surface area contributed by atoms with Gasteiger partial charge in [-0.25, -0.2) is 9.48 Å². The molecule has 0 unspecified atom stereocenters. The minimum atomic E-state index is -1.12. The van der Waals surface area contributed by atoms with E-state index in [4.69, 9.17) is 0 Å². The molecule has 2 aromatic carbocycles. The van der Waals surface area contributed by atoms with Gasteiger partial charge in [-0.2, -0.15) is 0 Å². The number of carbonyl (C=O) groups excluding carboxylic acids is 1. The Morgan fingerprint density at radius 3 is 2.73 bits per heavy atom. The summed E-state index contributed by atoms with van der Waals surface area (Å²) in [7, 11) is 0. The van der Waals surface area contributed by atoms with Gasteiger partial charge in [-0.3, -0.25) is 0 Å². The molecule has 3 rings (SSSR count). The molecule has 0 aliphatic rings. The van der Waals surface area contributed by atoms with Crippen molar-refractivity contribution >= 4 is 17.8 Å². The molecule has 0 fully saturated rings. The first kappa shape index (κ1) is 26.3. The largest absolute Gasteiger partial charge is 0.508 e. The SMILES string of the molecule is CCCNC[C@H](NC(=O)c1[c-]cc(-n2nnnc2NCc2cccc(O)c2)cc1)C(=O)O.[U]. The molecule has 0 bridgehead atoms. The molecule has 33 heavy (non-hydrogen) atoms. The maximum Gasteiger partial charge on any atom is 0.326 e. The van der Waals surface area contributed by atoms with Crippen LogP contribution in [-0.2, 0) is 11.3 Å². The predicted octanol–water partition coefficient (Wildman–Crippen LogP) is 0.963. The maximum atomic E-state index is 12.4. The molecule has 0 aliphatic carbocycles. The molecule has 1 amide bonds. The summed E-state index contributed by atoms with van der Waals surface area (Å²) < 4.78 is 1.44. The number of aromatic nitrogens is 4. The number of aromatic hydroxyl groups is 1. The number of carboxylic acids is 1. The fourth-order valence-corrected chi connectivity index (χ4v) is 2.87. The predicted molar refractivity (Wildman–Crippen MR) is 115 cm³/mol. The van der Waals surface area contributed by atoms with E-state index in [0.717, 1.165) is 12.0 Å². The third-order valence-corrected chi connectivity index (χ3v) is 4.49. The van der Waals surface area contributed by atoms with Gasteiger partial charge < -0.3 is 31.0 Å². The number of phenols is 1. The number of tetrazole rings is 1. The number of amides is 1. The van der Waals surface area contributed by atoms with Crippen molar-refractivity contribution in [3.8, 4) is 11.4 Å². The Morgan fingerprint density at radius 2 is 2.06 bits per heavy atom. The van der Waals surface area contributed by atoms with Crippen molar-refractivity contribution in [2.24, 2.45) is 0 Å². The maximum absolute atomic E-state index is 12.4. The Balaban J connectivity index is 0.00000385. The minimum Gasteiger partial charge on any atom is -0.508 e. The molecule has 0 saturated heterocycles. The minimum absolute atomic E-state index is 0. The first-order valence-electron chi connectivity index (χ1n) is 10.0. The van der Waals surface area contributed by atoms with Crippen molar-refractivity contribution in [2.75, 3.05) is 18.4 Å². The smallest absolute Gasteiger partial charge is 0.326 e. The summed E-state index contributed by atoms with van der Waals surface area (Å²) in [5.41, 5.74) is 1.60. The number of anilines is 1. The molecule has 3 aromatic rings. The van der Waals surface area contributed by atoms with E-state index in [1.807, 2.05) is 13.0 Å². The van der Waals surface area contributed by atoms with Gasteiger partial charge in [0, 0.05) is 44.2 Å². The van der Waals surface area contributed by atoms with Gasteiger partial charge in [0.25, 0.3) is 0 Å². The first-order chi connectivity index (χ1) is 15.5. The molecular formula is C21H24N7O4U-. The molecular weight excluding hydrogens is 652 g/mol. The summed E-state index contributed by atoms with van der Waals surface area (Å²) in [5, 5.41) is 39.0. The Morgan fingerprint density at radius 1 is 1.24 bits per heavy atom. The molecule has 1 aromatic heterocycles. The molecule has 5 N–H and O–H groups in total. The van der Waals surface area contributed by atoms with E-state index < -0.39 is 17.9 Å². The molecule has 11 nitrogen and oxygen atoms in total. The van der Waals surface area contributed by atoms with E-state index in [9.17, 15) is 19.8 Å². The number of phenolic OH excluding ortho intramolecular Hbond substituents is 1. The Bertz CT molecular complexity index is 1060. The van der Waals surface area contributed by atoms with E-state index in [2.05, 4.69) is 37.5 Å². The molecule has 172 valence electrons. The Kier molecular flexibility index (Phi) is 10.3. The third kappa shape index (κ3) is 7.56. The van der Waals surface area contributed by atoms with Crippen LogP contribution in [0.15, 0.2) is 42.5 Å². The van der Waals surface area contributed by atoms with E-state index in [1.165, 1.54) is 16.8 Å². The fraction of sp³-hybridized carbons (Fsp3) is 0.286. The number of hydrogen-bond donors (Lipinski definition) is 5. The second-order valence-corrected chi connectivity index (χ2v) is 6.97. The normalized spacial score (nSPS) is 11.3. The number of hydrogen-bond acceptors (Lipinski definition) is 8. The van der Waals surface area contributed by atoms with Crippen LogP contribution in [0.4, 0.5) is 5.95 Å². The number of benzene rings is 2. The van der Waals surface area contributed by atoms with Crippen molar-refractivity contribution < 1.29 is 50.9 Å². The molecule has 12 heteroatoms. The van der Waals surface area contributed by atoms with Crippen molar-refractivity contribution in [2.45, 2.75) is 25.9 Å². The van der Waals surface area contributed by atoms with Crippen molar-refractivity contribution in [1.82, 2.24) is 30.8 Å². The average Bonchev–Trinajstić information content (AvgIpc) is 3.26. The van der Waals surface area contributed by atoms with Gasteiger partial charge in [0.15, 0.2) is 5.91 Å². The van der Waals surface area contributed by atoms with Crippen molar-refractivity contribution in [1.29, 1.82) is 0 Å². The average molecular weight is 676 g/mol. The van der Waals surface area contributed by atoms with Gasteiger partial charge in [-0.15, -0.1) is 24.3 Å². The van der Waals surface area contributed by atoms with Gasteiger partial charge in [-0.05, 0) is 46.8 Å². The molecule has 1 atom stereocenters. The zero-order valence-electron chi connectivity index (χ0n) is 17.9. The summed E-state index contributed by atoms with van der Waals surface area (Å²) in [5.74, 6) is -1.12. The zero-order chi connectivity index (χ0) is 22.9. The van der Waals surface area contributed by atoms with E-state index in [1.54, 1.807) is 24.3 Å². The molecule has 0 aliphatic heterocycles. The van der Waals surface area contributed by atoms with Crippen LogP contribution < -0.4 is 16.0 Å². The number of carboxylic acid groups (broad SMARTS) is 1. The van der Waals surface area contributed by atoms with Crippen LogP contribution >= 0.6 is 0 Å². The standard InChI is InChI=1S/C21H24N7O4.U/c1-2-10-22-13-18(20(31)32)24-19(30)15-6-8-16(9-7-15)28-21(25-26-27-28)23-12-14-4-3-5-17(29)11-14;/h3-6,8-9,11,18,22,29H,2,10,12-13H2,1H3,(H,24,30)(H,31,32)(H,23,25,27);/q-1;/t18-;/m0./s1. The van der Waals surface area contributed by atoms with Crippen LogP contribution in [0.1, 0.15) is 29.3 Å². The van der Waals surface area contributed by atoms with Gasteiger partial charge in [0.2, 0.25) is 5.95 Å². The number of carbonyl (C=O) groups is 2. The third-order valence-electron chi connectivity index (χ3n) is 4.49. The quantitative estimate of drug-likeness (QED) is 0.148. The summed E-state index contributed by atoms with van der Waals surface area (Å²) in [6.07, 6.45) is 0.858. The topological polar surface area (TPSA) is 154 Å². The van der Waals surface area contributed by atoms with Crippen LogP contribution in [0, 0.1) is 37.2 Å². The van der Waals surface area contributed by atoms with Crippen LogP contribution in [0.5, 0.6) is 5.75 Å². The van der Waals surface area contributed by atoms with E-state index in [0.29, 0.717) is 24.7 Å². The van der Waals surface area contributed by atoms with Gasteiger partial charge >= 0.3 is 5.97 Å². The number of rotatable bonds is 11. The number of nitrogens with one attached hydrogen (secondary N) is 3. The van der Waals surface area contributed by atoms with Crippen LogP contribution in [-0.4, -0.2) is 61.4 Å². The number of aliphatic carboxylic acids is 1. The Hall–Kier alpha value is -2.94. The van der Waals surface area contributed by atoms with Gasteiger partial charge in [-0.1, -0.05) is 29.7 Å². The van der Waals surface area contributed by atoms with Crippen LogP contribution in [0.3, 0.4) is 0 Å². The molecule has 0 saturated carbocycles. The van der Waals surface area contributed by atoms with Crippen LogP contribution in [0.2, 0.25) is 0 Å². The number of nitrogens with zero attached hydrogens (tertiary/aromatic N) is 4. The second kappa shape index (κ2) is 12.9. The first-order valence-corrected chi connectivity index (χ1v) is 10.0. The van der Waals surface area contributed by atoms with Crippen molar-refractivity contribution in [3.63, 3.8) is 0 Å². The molecule has 0 radical (unpaired) electrons. The van der Waals surface area contributed by atoms with E-state index in [-0.39, 0.29) is 49.0 Å². The van der Waals surface area contributed by atoms with E-state index >= 15 is 0 Å². The molecule has 1 heterocycles. The summed E-state index contributed by atoms with van der Waals surface area (Å²) >= 11 is 0. The van der Waals surface area contributed by atoms with Gasteiger partial charge in [0.05, 0.1) is 0 Å². The van der Waals surface area contributed by atoms with Crippen molar-refractivity contribution in [3.05, 3.63) is 59.7 Å². The summed E-state index contributed by atoms with van der Waals surface area (Å²) in [6.45, 7) is 3.15. The second-order valence-electron chi connectivity index (χ2n) is 6.97. The van der Waals surface area contributed by atoms with Gasteiger partial charge in [0.1, 0.15) is 11.8 Å². The summed E-state index contributed by atoms with van der Waals surface area (Å²) in [4.78, 5) is 23.8. The van der Waals surface area contributed by atoms with Crippen LogP contribution in [0.25, 0.3) is 5.69 Å². The monoisotopic (exact) mass is 676 g/mol.